The number of fused-ring (bicyclic) bond motifs is 1. The Morgan fingerprint density at radius 1 is 1.25 bits per heavy atom. The fourth-order valence-corrected chi connectivity index (χ4v) is 2.26. The van der Waals surface area contributed by atoms with Crippen LogP contribution in [0.2, 0.25) is 0 Å². The Morgan fingerprint density at radius 3 is 2.69 bits per heavy atom. The molecule has 1 aromatic rings. The first kappa shape index (κ1) is 11.0. The molecule has 0 N–H and O–H groups in total. The van der Waals surface area contributed by atoms with Crippen molar-refractivity contribution in [1.82, 2.24) is 0 Å². The Balaban J connectivity index is 2.34. The average molecular weight is 234 g/mol. The Kier molecular flexibility index (Phi) is 2.89. The summed E-state index contributed by atoms with van der Waals surface area (Å²) in [5.41, 5.74) is 0.689. The van der Waals surface area contributed by atoms with Gasteiger partial charge in [-0.3, -0.25) is 0 Å². The highest BCUT2D eigenvalue weighted by Gasteiger charge is 2.32. The van der Waals surface area contributed by atoms with Crippen molar-refractivity contribution in [2.75, 3.05) is 0 Å². The normalized spacial score (nSPS) is 14.2. The molecule has 2 rings (SSSR count). The molecule has 1 aliphatic heterocycles. The fourth-order valence-electron chi connectivity index (χ4n) is 1.40. The van der Waals surface area contributed by atoms with Gasteiger partial charge in [0.1, 0.15) is 0 Å². The van der Waals surface area contributed by atoms with Crippen LogP contribution in [0.15, 0.2) is 18.2 Å². The number of ether oxygens (including phenoxy) is 1. The quantitative estimate of drug-likeness (QED) is 0.438. The first-order valence-electron chi connectivity index (χ1n) is 4.91. The van der Waals surface area contributed by atoms with Crippen LogP contribution in [0.5, 0.6) is 0 Å². The van der Waals surface area contributed by atoms with Crippen LogP contribution >= 0.6 is 0 Å². The van der Waals surface area contributed by atoms with E-state index in [1.165, 1.54) is 0 Å². The first-order chi connectivity index (χ1) is 7.59. The molecule has 0 spiro atoms. The van der Waals surface area contributed by atoms with E-state index in [2.05, 4.69) is 4.74 Å². The van der Waals surface area contributed by atoms with Crippen molar-refractivity contribution < 1.29 is 18.8 Å². The molecule has 0 aliphatic carbocycles. The van der Waals surface area contributed by atoms with E-state index in [-0.39, 0.29) is 15.9 Å². The molecule has 82 valence electrons. The standard InChI is InChI=1S/C11H10O4Si/c1-6(2)15-16-8-5-3-4-7-9(8)11(13)14-10(7)12/h3-6H,1-2H3. The second-order valence-corrected chi connectivity index (χ2v) is 4.65. The van der Waals surface area contributed by atoms with Gasteiger partial charge in [-0.05, 0) is 25.1 Å². The number of hydrogen-bond acceptors (Lipinski definition) is 4. The molecule has 1 aromatic carbocycles. The lowest BCUT2D eigenvalue weighted by Gasteiger charge is -2.07. The summed E-state index contributed by atoms with van der Waals surface area (Å²) in [7, 11) is 0.0495. The van der Waals surface area contributed by atoms with Gasteiger partial charge < -0.3 is 9.16 Å². The van der Waals surface area contributed by atoms with E-state index in [1.807, 2.05) is 13.8 Å². The van der Waals surface area contributed by atoms with Crippen LogP contribution in [0.4, 0.5) is 0 Å². The van der Waals surface area contributed by atoms with Crippen molar-refractivity contribution >= 4 is 26.9 Å². The third-order valence-electron chi connectivity index (χ3n) is 2.08. The number of rotatable bonds is 3. The molecule has 16 heavy (non-hydrogen) atoms. The van der Waals surface area contributed by atoms with Crippen molar-refractivity contribution in [3.63, 3.8) is 0 Å². The lowest BCUT2D eigenvalue weighted by atomic mass is 10.1. The van der Waals surface area contributed by atoms with Gasteiger partial charge in [0, 0.05) is 6.10 Å². The highest BCUT2D eigenvalue weighted by atomic mass is 28.2. The van der Waals surface area contributed by atoms with Crippen LogP contribution in [0.3, 0.4) is 0 Å². The number of cyclic esters (lactones) is 2. The molecule has 0 saturated carbocycles. The SMILES string of the molecule is CC(C)O[Si]c1cccc2c1C(=O)OC2=O. The molecule has 0 bridgehead atoms. The van der Waals surface area contributed by atoms with E-state index in [0.29, 0.717) is 11.1 Å². The molecular formula is C11H10O4Si. The van der Waals surface area contributed by atoms with Crippen molar-refractivity contribution in [3.8, 4) is 0 Å². The third kappa shape index (κ3) is 1.91. The minimum absolute atomic E-state index is 0.0495. The van der Waals surface area contributed by atoms with Crippen LogP contribution < -0.4 is 5.19 Å². The summed E-state index contributed by atoms with van der Waals surface area (Å²) < 4.78 is 10.00. The molecular weight excluding hydrogens is 224 g/mol. The Morgan fingerprint density at radius 2 is 2.00 bits per heavy atom. The van der Waals surface area contributed by atoms with Gasteiger partial charge in [-0.25, -0.2) is 9.59 Å². The van der Waals surface area contributed by atoms with Gasteiger partial charge in [0.15, 0.2) is 0 Å². The van der Waals surface area contributed by atoms with E-state index < -0.39 is 11.9 Å². The summed E-state index contributed by atoms with van der Waals surface area (Å²) in [6, 6.07) is 5.09. The largest absolute Gasteiger partial charge is 0.409 e. The summed E-state index contributed by atoms with van der Waals surface area (Å²) in [5.74, 6) is -1.15. The summed E-state index contributed by atoms with van der Waals surface area (Å²) in [4.78, 5) is 22.7. The topological polar surface area (TPSA) is 52.6 Å². The lowest BCUT2D eigenvalue weighted by Crippen LogP contribution is -2.26. The van der Waals surface area contributed by atoms with Gasteiger partial charge in [0.25, 0.3) is 9.76 Å². The highest BCUT2D eigenvalue weighted by molar-refractivity contribution is 6.50. The molecule has 1 aliphatic rings. The fraction of sp³-hybridized carbons (Fsp3) is 0.273. The molecule has 1 heterocycles. The zero-order valence-electron chi connectivity index (χ0n) is 8.94. The molecule has 2 radical (unpaired) electrons. The van der Waals surface area contributed by atoms with Crippen LogP contribution in [-0.2, 0) is 9.16 Å². The van der Waals surface area contributed by atoms with Crippen LogP contribution in [0.1, 0.15) is 34.6 Å². The van der Waals surface area contributed by atoms with Gasteiger partial charge in [-0.15, -0.1) is 0 Å². The predicted molar refractivity (Wildman–Crippen MR) is 57.8 cm³/mol. The van der Waals surface area contributed by atoms with Gasteiger partial charge in [-0.1, -0.05) is 12.1 Å². The Labute approximate surface area is 95.5 Å². The van der Waals surface area contributed by atoms with Gasteiger partial charge in [0.2, 0.25) is 0 Å². The summed E-state index contributed by atoms with van der Waals surface area (Å²) in [6.45, 7) is 3.83. The van der Waals surface area contributed by atoms with E-state index in [4.69, 9.17) is 4.43 Å². The second-order valence-electron chi connectivity index (χ2n) is 3.67. The number of benzene rings is 1. The Hall–Kier alpha value is -1.46. The second kappa shape index (κ2) is 4.19. The average Bonchev–Trinajstić information content (AvgIpc) is 2.52. The van der Waals surface area contributed by atoms with Gasteiger partial charge in [0.05, 0.1) is 11.1 Å². The van der Waals surface area contributed by atoms with Crippen molar-refractivity contribution in [1.29, 1.82) is 0 Å². The maximum Gasteiger partial charge on any atom is 0.346 e. The molecule has 0 atom stereocenters. The molecule has 5 heteroatoms. The molecule has 0 saturated heterocycles. The smallest absolute Gasteiger partial charge is 0.346 e. The van der Waals surface area contributed by atoms with Gasteiger partial charge in [-0.2, -0.15) is 0 Å². The number of esters is 2. The number of carbonyl (C=O) groups is 2. The monoisotopic (exact) mass is 234 g/mol. The minimum atomic E-state index is -0.574. The van der Waals surface area contributed by atoms with Crippen molar-refractivity contribution in [2.45, 2.75) is 20.0 Å². The number of carbonyl (C=O) groups excluding carboxylic acids is 2. The maximum atomic E-state index is 11.4. The van der Waals surface area contributed by atoms with Crippen molar-refractivity contribution in [3.05, 3.63) is 29.3 Å². The van der Waals surface area contributed by atoms with E-state index in [0.717, 1.165) is 5.19 Å². The van der Waals surface area contributed by atoms with Crippen LogP contribution in [0, 0.1) is 0 Å². The molecule has 0 fully saturated rings. The first-order valence-corrected chi connectivity index (χ1v) is 5.81. The summed E-state index contributed by atoms with van der Waals surface area (Å²) in [5, 5.41) is 0.724. The predicted octanol–water partition coefficient (Wildman–Crippen LogP) is 0.667. The van der Waals surface area contributed by atoms with Crippen LogP contribution in [-0.4, -0.2) is 27.8 Å². The molecule has 0 unspecified atom stereocenters. The third-order valence-corrected chi connectivity index (χ3v) is 3.30. The van der Waals surface area contributed by atoms with Crippen LogP contribution in [0.25, 0.3) is 0 Å². The highest BCUT2D eigenvalue weighted by Crippen LogP contribution is 2.17. The molecule has 0 aromatic heterocycles. The zero-order chi connectivity index (χ0) is 11.7. The summed E-state index contributed by atoms with van der Waals surface area (Å²) in [6.07, 6.45) is 0.0855. The van der Waals surface area contributed by atoms with E-state index in [9.17, 15) is 9.59 Å². The Bertz CT molecular complexity index is 453. The minimum Gasteiger partial charge on any atom is -0.409 e. The summed E-state index contributed by atoms with van der Waals surface area (Å²) >= 11 is 0. The van der Waals surface area contributed by atoms with Gasteiger partial charge >= 0.3 is 11.9 Å². The van der Waals surface area contributed by atoms with E-state index in [1.54, 1.807) is 18.2 Å². The van der Waals surface area contributed by atoms with Crippen molar-refractivity contribution in [2.24, 2.45) is 0 Å². The zero-order valence-corrected chi connectivity index (χ0v) is 9.94. The maximum absolute atomic E-state index is 11.4. The molecule has 4 nitrogen and oxygen atoms in total. The molecule has 0 amide bonds. The number of hydrogen-bond donors (Lipinski definition) is 0. The van der Waals surface area contributed by atoms with E-state index >= 15 is 0 Å². The lowest BCUT2D eigenvalue weighted by molar-refractivity contribution is 0.0444.